The van der Waals surface area contributed by atoms with Crippen molar-refractivity contribution in [2.24, 2.45) is 28.6 Å². The van der Waals surface area contributed by atoms with Gasteiger partial charge in [-0.3, -0.25) is 0 Å². The van der Waals surface area contributed by atoms with E-state index in [2.05, 4.69) is 48.5 Å². The molecule has 0 saturated heterocycles. The molecule has 1 saturated carbocycles. The molecule has 15 heavy (non-hydrogen) atoms. The third kappa shape index (κ3) is 2.55. The van der Waals surface area contributed by atoms with Gasteiger partial charge in [0.1, 0.15) is 0 Å². The summed E-state index contributed by atoms with van der Waals surface area (Å²) >= 11 is 0. The predicted molar refractivity (Wildman–Crippen MR) is 65.7 cm³/mol. The van der Waals surface area contributed by atoms with Gasteiger partial charge in [0.15, 0.2) is 0 Å². The van der Waals surface area contributed by atoms with E-state index in [0.717, 1.165) is 6.42 Å². The Morgan fingerprint density at radius 3 is 1.67 bits per heavy atom. The van der Waals surface area contributed by atoms with Crippen LogP contribution in [0.1, 0.15) is 54.9 Å². The number of rotatable bonds is 0. The van der Waals surface area contributed by atoms with Crippen molar-refractivity contribution in [3.05, 3.63) is 0 Å². The Hall–Kier alpha value is -0.0400. The third-order valence-electron chi connectivity index (χ3n) is 4.21. The van der Waals surface area contributed by atoms with E-state index in [9.17, 15) is 5.11 Å². The Morgan fingerprint density at radius 2 is 1.40 bits per heavy atom. The summed E-state index contributed by atoms with van der Waals surface area (Å²) in [7, 11) is 0. The second kappa shape index (κ2) is 3.76. The normalized spacial score (nSPS) is 38.4. The van der Waals surface area contributed by atoms with E-state index in [1.54, 1.807) is 0 Å². The van der Waals surface area contributed by atoms with Crippen LogP contribution in [0.2, 0.25) is 0 Å². The van der Waals surface area contributed by atoms with Crippen molar-refractivity contribution in [2.45, 2.75) is 61.0 Å². The summed E-state index contributed by atoms with van der Waals surface area (Å²) in [6, 6.07) is 0. The first-order valence-corrected chi connectivity index (χ1v) is 6.23. The summed E-state index contributed by atoms with van der Waals surface area (Å²) in [5.74, 6) is 1.71. The molecule has 4 atom stereocenters. The maximum absolute atomic E-state index is 10.1. The molecule has 0 aromatic rings. The molecule has 0 aliphatic heterocycles. The summed E-state index contributed by atoms with van der Waals surface area (Å²) in [6.07, 6.45) is 0.880. The Kier molecular flexibility index (Phi) is 3.27. The SMILES string of the molecule is CC1C(O)CC(C(C)(C)C)C1C(C)(C)C. The van der Waals surface area contributed by atoms with Gasteiger partial charge in [0, 0.05) is 0 Å². The maximum Gasteiger partial charge on any atom is 0.0571 e. The van der Waals surface area contributed by atoms with Gasteiger partial charge in [-0.05, 0) is 35.0 Å². The summed E-state index contributed by atoms with van der Waals surface area (Å²) in [5, 5.41) is 10.1. The molecule has 0 spiro atoms. The summed E-state index contributed by atoms with van der Waals surface area (Å²) < 4.78 is 0. The lowest BCUT2D eigenvalue weighted by atomic mass is 9.64. The van der Waals surface area contributed by atoms with Gasteiger partial charge in [-0.2, -0.15) is 0 Å². The molecular weight excluding hydrogens is 184 g/mol. The average Bonchev–Trinajstić information content (AvgIpc) is 2.25. The molecule has 0 heterocycles. The molecule has 1 rings (SSSR count). The van der Waals surface area contributed by atoms with Crippen LogP contribution in [0.15, 0.2) is 0 Å². The molecule has 0 amide bonds. The summed E-state index contributed by atoms with van der Waals surface area (Å²) in [6.45, 7) is 16.1. The van der Waals surface area contributed by atoms with Crippen LogP contribution in [0.3, 0.4) is 0 Å². The van der Waals surface area contributed by atoms with Gasteiger partial charge in [-0.15, -0.1) is 0 Å². The highest BCUT2D eigenvalue weighted by Crippen LogP contribution is 2.53. The van der Waals surface area contributed by atoms with Crippen LogP contribution in [0, 0.1) is 28.6 Å². The Balaban J connectivity index is 2.98. The van der Waals surface area contributed by atoms with E-state index in [0.29, 0.717) is 28.6 Å². The fraction of sp³-hybridized carbons (Fsp3) is 1.00. The van der Waals surface area contributed by atoms with Crippen LogP contribution in [0.4, 0.5) is 0 Å². The second-order valence-electron chi connectivity index (χ2n) is 7.53. The highest BCUT2D eigenvalue weighted by molar-refractivity contribution is 4.98. The topological polar surface area (TPSA) is 20.2 Å². The zero-order valence-electron chi connectivity index (χ0n) is 11.5. The Labute approximate surface area is 95.3 Å². The fourth-order valence-electron chi connectivity index (χ4n) is 3.51. The largest absolute Gasteiger partial charge is 0.393 e. The van der Waals surface area contributed by atoms with E-state index < -0.39 is 0 Å². The molecule has 1 aliphatic rings. The molecule has 1 aliphatic carbocycles. The monoisotopic (exact) mass is 212 g/mol. The lowest BCUT2D eigenvalue weighted by molar-refractivity contribution is 0.0637. The van der Waals surface area contributed by atoms with Crippen molar-refractivity contribution < 1.29 is 5.11 Å². The van der Waals surface area contributed by atoms with E-state index in [-0.39, 0.29) is 6.10 Å². The quantitative estimate of drug-likeness (QED) is 0.649. The van der Waals surface area contributed by atoms with Crippen LogP contribution in [-0.2, 0) is 0 Å². The minimum atomic E-state index is -0.0987. The summed E-state index contributed by atoms with van der Waals surface area (Å²) in [4.78, 5) is 0. The van der Waals surface area contributed by atoms with Crippen molar-refractivity contribution in [3.8, 4) is 0 Å². The Bertz CT molecular complexity index is 218. The van der Waals surface area contributed by atoms with Crippen molar-refractivity contribution in [2.75, 3.05) is 0 Å². The molecule has 1 heteroatoms. The molecule has 1 nitrogen and oxygen atoms in total. The van der Waals surface area contributed by atoms with Crippen molar-refractivity contribution in [1.82, 2.24) is 0 Å². The fourth-order valence-corrected chi connectivity index (χ4v) is 3.51. The van der Waals surface area contributed by atoms with Gasteiger partial charge >= 0.3 is 0 Å². The first kappa shape index (κ1) is 13.0. The van der Waals surface area contributed by atoms with Crippen molar-refractivity contribution >= 4 is 0 Å². The van der Waals surface area contributed by atoms with Crippen molar-refractivity contribution in [3.63, 3.8) is 0 Å². The number of hydrogen-bond donors (Lipinski definition) is 1. The standard InChI is InChI=1S/C14H28O/c1-9-11(15)8-10(13(2,3)4)12(9)14(5,6)7/h9-12,15H,8H2,1-7H3. The van der Waals surface area contributed by atoms with E-state index in [4.69, 9.17) is 0 Å². The maximum atomic E-state index is 10.1. The van der Waals surface area contributed by atoms with Gasteiger partial charge < -0.3 is 5.11 Å². The zero-order valence-corrected chi connectivity index (χ0v) is 11.5. The van der Waals surface area contributed by atoms with Gasteiger partial charge in [-0.25, -0.2) is 0 Å². The first-order chi connectivity index (χ1) is 6.55. The molecule has 1 N–H and O–H groups in total. The van der Waals surface area contributed by atoms with Crippen LogP contribution >= 0.6 is 0 Å². The minimum absolute atomic E-state index is 0.0987. The van der Waals surface area contributed by atoms with E-state index in [1.807, 2.05) is 0 Å². The molecule has 0 bridgehead atoms. The number of aliphatic hydroxyl groups is 1. The highest BCUT2D eigenvalue weighted by Gasteiger charge is 2.49. The van der Waals surface area contributed by atoms with Crippen LogP contribution in [0.5, 0.6) is 0 Å². The van der Waals surface area contributed by atoms with E-state index in [1.165, 1.54) is 0 Å². The molecular formula is C14H28O. The highest BCUT2D eigenvalue weighted by atomic mass is 16.3. The zero-order chi connectivity index (χ0) is 12.0. The minimum Gasteiger partial charge on any atom is -0.393 e. The molecule has 90 valence electrons. The number of hydrogen-bond acceptors (Lipinski definition) is 1. The predicted octanol–water partition coefficient (Wildman–Crippen LogP) is 3.71. The number of aliphatic hydroxyl groups excluding tert-OH is 1. The molecule has 0 radical (unpaired) electrons. The van der Waals surface area contributed by atoms with Crippen molar-refractivity contribution in [1.29, 1.82) is 0 Å². The lowest BCUT2D eigenvalue weighted by Gasteiger charge is -2.41. The average molecular weight is 212 g/mol. The molecule has 4 unspecified atom stereocenters. The van der Waals surface area contributed by atoms with Gasteiger partial charge in [0.05, 0.1) is 6.10 Å². The summed E-state index contributed by atoms with van der Waals surface area (Å²) in [5.41, 5.74) is 0.610. The second-order valence-corrected chi connectivity index (χ2v) is 7.53. The van der Waals surface area contributed by atoms with Gasteiger partial charge in [-0.1, -0.05) is 48.5 Å². The van der Waals surface area contributed by atoms with Gasteiger partial charge in [0.2, 0.25) is 0 Å². The third-order valence-corrected chi connectivity index (χ3v) is 4.21. The smallest absolute Gasteiger partial charge is 0.0571 e. The van der Waals surface area contributed by atoms with E-state index >= 15 is 0 Å². The van der Waals surface area contributed by atoms with Crippen LogP contribution in [0.25, 0.3) is 0 Å². The van der Waals surface area contributed by atoms with Gasteiger partial charge in [0.25, 0.3) is 0 Å². The van der Waals surface area contributed by atoms with Crippen LogP contribution in [-0.4, -0.2) is 11.2 Å². The molecule has 1 fully saturated rings. The first-order valence-electron chi connectivity index (χ1n) is 6.23. The molecule has 0 aromatic heterocycles. The van der Waals surface area contributed by atoms with Crippen LogP contribution < -0.4 is 0 Å². The Morgan fingerprint density at radius 1 is 0.933 bits per heavy atom. The molecule has 0 aromatic carbocycles. The lowest BCUT2D eigenvalue weighted by Crippen LogP contribution is -2.35.